The Hall–Kier alpha value is -2.70. The maximum absolute atomic E-state index is 5.59. The van der Waals surface area contributed by atoms with Gasteiger partial charge in [0.25, 0.3) is 0 Å². The number of pyridine rings is 1. The van der Waals surface area contributed by atoms with Gasteiger partial charge in [-0.15, -0.1) is 0 Å². The molecule has 0 atom stereocenters. The second kappa shape index (κ2) is 5.12. The fourth-order valence-electron chi connectivity index (χ4n) is 1.96. The van der Waals surface area contributed by atoms with Crippen molar-refractivity contribution in [2.45, 2.75) is 19.9 Å². The molecule has 0 aliphatic carbocycles. The summed E-state index contributed by atoms with van der Waals surface area (Å²) in [6.45, 7) is 2.50. The van der Waals surface area contributed by atoms with Crippen LogP contribution in [-0.2, 0) is 13.0 Å². The molecule has 7 heteroatoms. The van der Waals surface area contributed by atoms with Crippen LogP contribution in [0.15, 0.2) is 35.4 Å². The Kier molecular flexibility index (Phi) is 3.16. The standard InChI is InChI=1S/C13H14N6O/c1-9-17-13(18-20-9)4-5-19-8-15-7-11(19)10-2-3-12(14)16-6-10/h2-3,6-8H,4-5H2,1H3,(H2,14,16). The smallest absolute Gasteiger partial charge is 0.223 e. The van der Waals surface area contributed by atoms with E-state index in [2.05, 4.69) is 20.1 Å². The van der Waals surface area contributed by atoms with Crippen molar-refractivity contribution in [3.63, 3.8) is 0 Å². The number of aryl methyl sites for hydroxylation is 3. The van der Waals surface area contributed by atoms with Crippen LogP contribution >= 0.6 is 0 Å². The molecule has 3 heterocycles. The van der Waals surface area contributed by atoms with Gasteiger partial charge < -0.3 is 14.8 Å². The van der Waals surface area contributed by atoms with Crippen molar-refractivity contribution in [3.05, 3.63) is 42.6 Å². The molecule has 7 nitrogen and oxygen atoms in total. The number of hydrogen-bond acceptors (Lipinski definition) is 6. The summed E-state index contributed by atoms with van der Waals surface area (Å²) in [5, 5.41) is 3.88. The van der Waals surface area contributed by atoms with Crippen LogP contribution in [0.4, 0.5) is 5.82 Å². The first kappa shape index (κ1) is 12.3. The number of nitrogens with two attached hydrogens (primary N) is 1. The summed E-state index contributed by atoms with van der Waals surface area (Å²) in [7, 11) is 0. The predicted octanol–water partition coefficient (Wildman–Crippen LogP) is 1.46. The average molecular weight is 270 g/mol. The number of imidazole rings is 1. The van der Waals surface area contributed by atoms with E-state index in [1.165, 1.54) is 0 Å². The fraction of sp³-hybridized carbons (Fsp3) is 0.231. The summed E-state index contributed by atoms with van der Waals surface area (Å²) in [6, 6.07) is 3.70. The molecule has 102 valence electrons. The highest BCUT2D eigenvalue weighted by Crippen LogP contribution is 2.19. The minimum Gasteiger partial charge on any atom is -0.384 e. The highest BCUT2D eigenvalue weighted by Gasteiger charge is 2.08. The number of nitrogen functional groups attached to an aromatic ring is 1. The van der Waals surface area contributed by atoms with Gasteiger partial charge in [-0.05, 0) is 12.1 Å². The molecule has 0 amide bonds. The van der Waals surface area contributed by atoms with Gasteiger partial charge in [0.1, 0.15) is 5.82 Å². The van der Waals surface area contributed by atoms with E-state index in [1.807, 2.05) is 10.6 Å². The van der Waals surface area contributed by atoms with Crippen LogP contribution in [0.1, 0.15) is 11.7 Å². The van der Waals surface area contributed by atoms with Crippen LogP contribution in [-0.4, -0.2) is 24.7 Å². The van der Waals surface area contributed by atoms with E-state index in [0.717, 1.165) is 17.8 Å². The summed E-state index contributed by atoms with van der Waals surface area (Å²) in [6.07, 6.45) is 6.00. The van der Waals surface area contributed by atoms with Crippen molar-refractivity contribution in [2.75, 3.05) is 5.73 Å². The molecule has 0 unspecified atom stereocenters. The Morgan fingerprint density at radius 1 is 1.30 bits per heavy atom. The van der Waals surface area contributed by atoms with E-state index in [4.69, 9.17) is 10.3 Å². The van der Waals surface area contributed by atoms with E-state index < -0.39 is 0 Å². The number of aromatic nitrogens is 5. The molecule has 3 aromatic rings. The van der Waals surface area contributed by atoms with Crippen molar-refractivity contribution in [1.82, 2.24) is 24.7 Å². The molecule has 0 saturated carbocycles. The third-order valence-electron chi connectivity index (χ3n) is 2.94. The molecule has 0 spiro atoms. The number of anilines is 1. The van der Waals surface area contributed by atoms with Crippen molar-refractivity contribution in [1.29, 1.82) is 0 Å². The van der Waals surface area contributed by atoms with Crippen molar-refractivity contribution >= 4 is 5.82 Å². The molecule has 3 rings (SSSR count). The van der Waals surface area contributed by atoms with E-state index in [0.29, 0.717) is 24.0 Å². The average Bonchev–Trinajstić information content (AvgIpc) is 3.06. The first-order valence-corrected chi connectivity index (χ1v) is 6.23. The van der Waals surface area contributed by atoms with Gasteiger partial charge in [-0.1, -0.05) is 5.16 Å². The maximum Gasteiger partial charge on any atom is 0.223 e. The van der Waals surface area contributed by atoms with E-state index in [-0.39, 0.29) is 0 Å². The quantitative estimate of drug-likeness (QED) is 0.771. The van der Waals surface area contributed by atoms with Gasteiger partial charge in [0.05, 0.1) is 18.2 Å². The molecule has 0 aliphatic heterocycles. The lowest BCUT2D eigenvalue weighted by atomic mass is 10.2. The molecule has 20 heavy (non-hydrogen) atoms. The second-order valence-corrected chi connectivity index (χ2v) is 4.42. The van der Waals surface area contributed by atoms with Gasteiger partial charge in [-0.25, -0.2) is 9.97 Å². The first-order chi connectivity index (χ1) is 9.72. The van der Waals surface area contributed by atoms with Gasteiger partial charge in [0.2, 0.25) is 5.89 Å². The third-order valence-corrected chi connectivity index (χ3v) is 2.94. The summed E-state index contributed by atoms with van der Waals surface area (Å²) in [5.41, 5.74) is 7.55. The number of hydrogen-bond donors (Lipinski definition) is 1. The SMILES string of the molecule is Cc1nc(CCn2cncc2-c2ccc(N)nc2)no1. The van der Waals surface area contributed by atoms with Crippen molar-refractivity contribution in [2.24, 2.45) is 0 Å². The summed E-state index contributed by atoms with van der Waals surface area (Å²) in [4.78, 5) is 12.5. The Bertz CT molecular complexity index is 700. The van der Waals surface area contributed by atoms with Gasteiger partial charge >= 0.3 is 0 Å². The summed E-state index contributed by atoms with van der Waals surface area (Å²) < 4.78 is 6.98. The minimum absolute atomic E-state index is 0.502. The Morgan fingerprint density at radius 3 is 2.90 bits per heavy atom. The van der Waals surface area contributed by atoms with Gasteiger partial charge in [0.15, 0.2) is 5.82 Å². The van der Waals surface area contributed by atoms with Crippen molar-refractivity contribution < 1.29 is 4.52 Å². The van der Waals surface area contributed by atoms with E-state index in [9.17, 15) is 0 Å². The zero-order valence-electron chi connectivity index (χ0n) is 11.0. The molecule has 3 aromatic heterocycles. The van der Waals surface area contributed by atoms with Crippen LogP contribution in [0, 0.1) is 6.92 Å². The normalized spacial score (nSPS) is 10.8. The van der Waals surface area contributed by atoms with Gasteiger partial charge in [-0.3, -0.25) is 0 Å². The van der Waals surface area contributed by atoms with Gasteiger partial charge in [0, 0.05) is 31.6 Å². The Morgan fingerprint density at radius 2 is 2.20 bits per heavy atom. The van der Waals surface area contributed by atoms with Crippen LogP contribution < -0.4 is 5.73 Å². The van der Waals surface area contributed by atoms with E-state index >= 15 is 0 Å². The zero-order chi connectivity index (χ0) is 13.9. The predicted molar refractivity (Wildman–Crippen MR) is 72.6 cm³/mol. The fourth-order valence-corrected chi connectivity index (χ4v) is 1.96. The first-order valence-electron chi connectivity index (χ1n) is 6.23. The Balaban J connectivity index is 1.78. The minimum atomic E-state index is 0.502. The maximum atomic E-state index is 5.59. The van der Waals surface area contributed by atoms with Crippen LogP contribution in [0.2, 0.25) is 0 Å². The number of rotatable bonds is 4. The lowest BCUT2D eigenvalue weighted by Gasteiger charge is -2.06. The molecular formula is C13H14N6O. The lowest BCUT2D eigenvalue weighted by molar-refractivity contribution is 0.386. The Labute approximate surface area is 115 Å². The van der Waals surface area contributed by atoms with Crippen LogP contribution in [0.5, 0.6) is 0 Å². The van der Waals surface area contributed by atoms with Gasteiger partial charge in [-0.2, -0.15) is 4.98 Å². The van der Waals surface area contributed by atoms with Crippen molar-refractivity contribution in [3.8, 4) is 11.3 Å². The lowest BCUT2D eigenvalue weighted by Crippen LogP contribution is -2.03. The topological polar surface area (TPSA) is 95.7 Å². The highest BCUT2D eigenvalue weighted by molar-refractivity contribution is 5.59. The monoisotopic (exact) mass is 270 g/mol. The summed E-state index contributed by atoms with van der Waals surface area (Å²) in [5.74, 6) is 1.77. The molecule has 0 aliphatic rings. The summed E-state index contributed by atoms with van der Waals surface area (Å²) >= 11 is 0. The van der Waals surface area contributed by atoms with Crippen LogP contribution in [0.25, 0.3) is 11.3 Å². The molecule has 0 radical (unpaired) electrons. The molecular weight excluding hydrogens is 256 g/mol. The second-order valence-electron chi connectivity index (χ2n) is 4.42. The molecule has 0 saturated heterocycles. The molecule has 0 bridgehead atoms. The molecule has 2 N–H and O–H groups in total. The van der Waals surface area contributed by atoms with Crippen LogP contribution in [0.3, 0.4) is 0 Å². The van der Waals surface area contributed by atoms with E-state index in [1.54, 1.807) is 31.7 Å². The molecule has 0 fully saturated rings. The number of nitrogens with zero attached hydrogens (tertiary/aromatic N) is 5. The zero-order valence-corrected chi connectivity index (χ0v) is 11.0. The molecule has 0 aromatic carbocycles. The largest absolute Gasteiger partial charge is 0.384 e. The third kappa shape index (κ3) is 2.51. The highest BCUT2D eigenvalue weighted by atomic mass is 16.5.